The first-order valence-corrected chi connectivity index (χ1v) is 8.76. The van der Waals surface area contributed by atoms with Crippen LogP contribution in [0.3, 0.4) is 0 Å². The average molecular weight is 363 g/mol. The van der Waals surface area contributed by atoms with Gasteiger partial charge in [-0.2, -0.15) is 5.10 Å². The van der Waals surface area contributed by atoms with E-state index < -0.39 is 0 Å². The van der Waals surface area contributed by atoms with E-state index in [0.29, 0.717) is 12.4 Å². The average Bonchev–Trinajstić information content (AvgIpc) is 3.10. The predicted octanol–water partition coefficient (Wildman–Crippen LogP) is 3.42. The zero-order chi connectivity index (χ0) is 19.0. The number of likely N-dealkylation sites (N-methyl/N-ethyl adjacent to an activating group) is 1. The number of carbonyl (C=O) groups excluding carboxylic acids is 1. The Morgan fingerprint density at radius 2 is 2.11 bits per heavy atom. The summed E-state index contributed by atoms with van der Waals surface area (Å²) in [5.74, 6) is 1.40. The fourth-order valence-corrected chi connectivity index (χ4v) is 3.34. The monoisotopic (exact) mass is 363 g/mol. The maximum absolute atomic E-state index is 13.0. The molecule has 27 heavy (non-hydrogen) atoms. The van der Waals surface area contributed by atoms with Crippen LogP contribution in [0.1, 0.15) is 11.1 Å². The number of aromatic nitrogens is 2. The quantitative estimate of drug-likeness (QED) is 0.713. The van der Waals surface area contributed by atoms with Gasteiger partial charge in [-0.25, -0.2) is 0 Å². The van der Waals surface area contributed by atoms with Gasteiger partial charge in [0.2, 0.25) is 5.91 Å². The van der Waals surface area contributed by atoms with Gasteiger partial charge in [0.15, 0.2) is 0 Å². The molecule has 0 aliphatic carbocycles. The molecule has 0 atom stereocenters. The molecule has 0 spiro atoms. The van der Waals surface area contributed by atoms with E-state index in [1.165, 1.54) is 0 Å². The fraction of sp³-hybridized carbons (Fsp3) is 0.238. The molecular weight excluding hydrogens is 342 g/mol. The molecule has 1 aromatic heterocycles. The molecule has 2 heterocycles. The summed E-state index contributed by atoms with van der Waals surface area (Å²) in [6, 6.07) is 13.6. The molecule has 6 nitrogen and oxygen atoms in total. The van der Waals surface area contributed by atoms with Crippen molar-refractivity contribution >= 4 is 11.6 Å². The van der Waals surface area contributed by atoms with Gasteiger partial charge in [-0.05, 0) is 36.8 Å². The second kappa shape index (κ2) is 6.79. The molecular formula is C21H21N3O3. The number of ether oxygens (including phenoxy) is 2. The van der Waals surface area contributed by atoms with Gasteiger partial charge in [0, 0.05) is 18.2 Å². The number of hydrogen-bond acceptors (Lipinski definition) is 4. The number of aryl methyl sites for hydroxylation is 1. The highest BCUT2D eigenvalue weighted by molar-refractivity contribution is 5.94. The summed E-state index contributed by atoms with van der Waals surface area (Å²) in [6.07, 6.45) is 1.77. The number of fused-ring (bicyclic) bond motifs is 3. The molecule has 6 heteroatoms. The van der Waals surface area contributed by atoms with Crippen LogP contribution in [0.5, 0.6) is 11.5 Å². The lowest BCUT2D eigenvalue weighted by Crippen LogP contribution is -2.31. The number of benzene rings is 2. The Bertz CT molecular complexity index is 1010. The lowest BCUT2D eigenvalue weighted by atomic mass is 10.0. The van der Waals surface area contributed by atoms with Crippen LogP contribution in [0.15, 0.2) is 48.7 Å². The normalized spacial score (nSPS) is 12.0. The summed E-state index contributed by atoms with van der Waals surface area (Å²) in [5, 5.41) is 4.43. The van der Waals surface area contributed by atoms with Crippen molar-refractivity contribution in [1.82, 2.24) is 9.78 Å². The van der Waals surface area contributed by atoms with Crippen LogP contribution in [0.4, 0.5) is 5.69 Å². The summed E-state index contributed by atoms with van der Waals surface area (Å²) in [6.45, 7) is 2.58. The number of anilines is 1. The maximum Gasteiger partial charge on any atom is 0.248 e. The molecule has 2 aromatic carbocycles. The highest BCUT2D eigenvalue weighted by Gasteiger charge is 2.24. The Kier molecular flexibility index (Phi) is 4.32. The van der Waals surface area contributed by atoms with Crippen LogP contribution in [-0.2, 0) is 17.9 Å². The van der Waals surface area contributed by atoms with Crippen molar-refractivity contribution in [3.63, 3.8) is 0 Å². The first-order chi connectivity index (χ1) is 13.1. The second-order valence-electron chi connectivity index (χ2n) is 6.59. The summed E-state index contributed by atoms with van der Waals surface area (Å²) >= 11 is 0. The van der Waals surface area contributed by atoms with E-state index in [1.807, 2.05) is 49.4 Å². The van der Waals surface area contributed by atoms with Crippen molar-refractivity contribution in [2.75, 3.05) is 19.1 Å². The van der Waals surface area contributed by atoms with Crippen LogP contribution in [0, 0.1) is 6.92 Å². The van der Waals surface area contributed by atoms with Crippen molar-refractivity contribution in [1.29, 1.82) is 0 Å². The third-order valence-corrected chi connectivity index (χ3v) is 4.80. The molecule has 0 N–H and O–H groups in total. The van der Waals surface area contributed by atoms with E-state index in [4.69, 9.17) is 9.47 Å². The first kappa shape index (κ1) is 17.1. The highest BCUT2D eigenvalue weighted by Crippen LogP contribution is 2.37. The third-order valence-electron chi connectivity index (χ3n) is 4.80. The molecule has 0 unspecified atom stereocenters. The van der Waals surface area contributed by atoms with Crippen molar-refractivity contribution in [2.24, 2.45) is 0 Å². The predicted molar refractivity (Wildman–Crippen MR) is 103 cm³/mol. The Labute approximate surface area is 157 Å². The Morgan fingerprint density at radius 1 is 1.30 bits per heavy atom. The van der Waals surface area contributed by atoms with Crippen LogP contribution >= 0.6 is 0 Å². The molecule has 0 radical (unpaired) electrons. The zero-order valence-electron chi connectivity index (χ0n) is 15.6. The molecule has 1 amide bonds. The van der Waals surface area contributed by atoms with E-state index in [0.717, 1.165) is 33.8 Å². The van der Waals surface area contributed by atoms with Gasteiger partial charge in [0.1, 0.15) is 24.7 Å². The minimum Gasteiger partial charge on any atom is -0.495 e. The smallest absolute Gasteiger partial charge is 0.248 e. The molecule has 0 fully saturated rings. The fourth-order valence-electron chi connectivity index (χ4n) is 3.34. The summed E-state index contributed by atoms with van der Waals surface area (Å²) < 4.78 is 12.9. The standard InChI is InChI=1S/C21H21N3O3/c1-14-8-9-19(26-3)17(10-14)23(2)20(25)12-24-21-15(11-22-24)13-27-18-7-5-4-6-16(18)21/h4-11H,12-13H2,1-3H3. The maximum atomic E-state index is 13.0. The molecule has 0 bridgehead atoms. The van der Waals surface area contributed by atoms with E-state index in [1.54, 1.807) is 29.9 Å². The van der Waals surface area contributed by atoms with Crippen LogP contribution in [0.2, 0.25) is 0 Å². The number of carbonyl (C=O) groups is 1. The zero-order valence-corrected chi connectivity index (χ0v) is 15.6. The van der Waals surface area contributed by atoms with E-state index in [9.17, 15) is 4.79 Å². The molecule has 0 saturated heterocycles. The van der Waals surface area contributed by atoms with Gasteiger partial charge >= 0.3 is 0 Å². The van der Waals surface area contributed by atoms with Crippen LogP contribution in [-0.4, -0.2) is 29.8 Å². The minimum atomic E-state index is -0.0752. The van der Waals surface area contributed by atoms with Crippen molar-refractivity contribution < 1.29 is 14.3 Å². The molecule has 4 rings (SSSR count). The highest BCUT2D eigenvalue weighted by atomic mass is 16.5. The van der Waals surface area contributed by atoms with E-state index in [2.05, 4.69) is 5.10 Å². The van der Waals surface area contributed by atoms with Gasteiger partial charge < -0.3 is 14.4 Å². The van der Waals surface area contributed by atoms with Crippen LogP contribution < -0.4 is 14.4 Å². The summed E-state index contributed by atoms with van der Waals surface area (Å²) in [4.78, 5) is 14.6. The molecule has 1 aliphatic heterocycles. The number of rotatable bonds is 4. The van der Waals surface area contributed by atoms with Crippen molar-refractivity contribution in [3.8, 4) is 22.8 Å². The van der Waals surface area contributed by atoms with Gasteiger partial charge in [-0.1, -0.05) is 18.2 Å². The number of para-hydroxylation sites is 1. The van der Waals surface area contributed by atoms with Gasteiger partial charge in [-0.3, -0.25) is 9.48 Å². The molecule has 0 saturated carbocycles. The van der Waals surface area contributed by atoms with Gasteiger partial charge in [-0.15, -0.1) is 0 Å². The molecule has 1 aliphatic rings. The second-order valence-corrected chi connectivity index (χ2v) is 6.59. The number of methoxy groups -OCH3 is 1. The Morgan fingerprint density at radius 3 is 2.93 bits per heavy atom. The molecule has 138 valence electrons. The van der Waals surface area contributed by atoms with Crippen molar-refractivity contribution in [3.05, 3.63) is 59.8 Å². The minimum absolute atomic E-state index is 0.0752. The van der Waals surface area contributed by atoms with Crippen molar-refractivity contribution in [2.45, 2.75) is 20.1 Å². The summed E-state index contributed by atoms with van der Waals surface area (Å²) in [5.41, 5.74) is 4.69. The summed E-state index contributed by atoms with van der Waals surface area (Å²) in [7, 11) is 3.36. The lowest BCUT2D eigenvalue weighted by molar-refractivity contribution is -0.119. The van der Waals surface area contributed by atoms with Gasteiger partial charge in [0.25, 0.3) is 0 Å². The number of nitrogens with zero attached hydrogens (tertiary/aromatic N) is 3. The van der Waals surface area contributed by atoms with E-state index in [-0.39, 0.29) is 12.5 Å². The number of hydrogen-bond donors (Lipinski definition) is 0. The Balaban J connectivity index is 1.64. The van der Waals surface area contributed by atoms with E-state index >= 15 is 0 Å². The van der Waals surface area contributed by atoms with Gasteiger partial charge in [0.05, 0.1) is 24.7 Å². The third kappa shape index (κ3) is 3.03. The topological polar surface area (TPSA) is 56.6 Å². The largest absolute Gasteiger partial charge is 0.495 e. The van der Waals surface area contributed by atoms with Crippen LogP contribution in [0.25, 0.3) is 11.3 Å². The molecule has 3 aromatic rings. The SMILES string of the molecule is COc1ccc(C)cc1N(C)C(=O)Cn1ncc2c1-c1ccccc1OC2. The first-order valence-electron chi connectivity index (χ1n) is 8.76. The number of amides is 1. The Hall–Kier alpha value is -3.28. The lowest BCUT2D eigenvalue weighted by Gasteiger charge is -2.22.